The molecule has 1 saturated heterocycles. The number of amides is 1. The number of ether oxygens (including phenoxy) is 3. The minimum Gasteiger partial charge on any atom is -0.493 e. The van der Waals surface area contributed by atoms with Crippen LogP contribution in [0.25, 0.3) is 0 Å². The Kier molecular flexibility index (Phi) is 5.69. The fourth-order valence-corrected chi connectivity index (χ4v) is 3.22. The summed E-state index contributed by atoms with van der Waals surface area (Å²) in [7, 11) is 4.45. The van der Waals surface area contributed by atoms with E-state index in [0.29, 0.717) is 28.5 Å². The van der Waals surface area contributed by atoms with Gasteiger partial charge in [-0.15, -0.1) is 0 Å². The molecule has 27 heavy (non-hydrogen) atoms. The van der Waals surface area contributed by atoms with Crippen LogP contribution in [0.15, 0.2) is 30.3 Å². The molecule has 0 aliphatic carbocycles. The second-order valence-electron chi connectivity index (χ2n) is 6.26. The SMILES string of the molecule is COc1cc(C(=O)Nc2cc(F)cc(N3CCCC3)c2)cc(OC)c1OC. The first-order valence-electron chi connectivity index (χ1n) is 8.72. The van der Waals surface area contributed by atoms with Crippen LogP contribution in [0.4, 0.5) is 15.8 Å². The molecule has 144 valence electrons. The molecule has 0 atom stereocenters. The Morgan fingerprint density at radius 3 is 2.15 bits per heavy atom. The molecule has 0 aromatic heterocycles. The quantitative estimate of drug-likeness (QED) is 0.835. The molecule has 1 amide bonds. The van der Waals surface area contributed by atoms with Gasteiger partial charge in [0, 0.05) is 30.0 Å². The fraction of sp³-hybridized carbons (Fsp3) is 0.350. The lowest BCUT2D eigenvalue weighted by Gasteiger charge is -2.19. The van der Waals surface area contributed by atoms with Crippen LogP contribution in [-0.2, 0) is 0 Å². The molecule has 3 rings (SSSR count). The summed E-state index contributed by atoms with van der Waals surface area (Å²) in [6.07, 6.45) is 2.17. The summed E-state index contributed by atoms with van der Waals surface area (Å²) in [5, 5.41) is 2.75. The van der Waals surface area contributed by atoms with Crippen LogP contribution in [0.3, 0.4) is 0 Å². The molecule has 2 aromatic carbocycles. The largest absolute Gasteiger partial charge is 0.493 e. The highest BCUT2D eigenvalue weighted by Crippen LogP contribution is 2.38. The third-order valence-electron chi connectivity index (χ3n) is 4.54. The van der Waals surface area contributed by atoms with E-state index in [0.717, 1.165) is 31.6 Å². The Labute approximate surface area is 157 Å². The zero-order chi connectivity index (χ0) is 19.4. The van der Waals surface area contributed by atoms with Crippen molar-refractivity contribution in [3.05, 3.63) is 41.7 Å². The standard InChI is InChI=1S/C20H23FN2O4/c1-25-17-8-13(9-18(26-2)19(17)27-3)20(24)22-15-10-14(21)11-16(12-15)23-6-4-5-7-23/h8-12H,4-7H2,1-3H3,(H,22,24). The van der Waals surface area contributed by atoms with Crippen molar-refractivity contribution in [2.45, 2.75) is 12.8 Å². The van der Waals surface area contributed by atoms with E-state index < -0.39 is 5.91 Å². The number of hydrogen-bond acceptors (Lipinski definition) is 5. The van der Waals surface area contributed by atoms with Gasteiger partial charge in [0.2, 0.25) is 5.75 Å². The minimum atomic E-state index is -0.396. The highest BCUT2D eigenvalue weighted by Gasteiger charge is 2.18. The fourth-order valence-electron chi connectivity index (χ4n) is 3.22. The lowest BCUT2D eigenvalue weighted by Crippen LogP contribution is -2.18. The van der Waals surface area contributed by atoms with Crippen LogP contribution in [0, 0.1) is 5.82 Å². The Balaban J connectivity index is 1.87. The topological polar surface area (TPSA) is 60.0 Å². The number of methoxy groups -OCH3 is 3. The number of nitrogens with one attached hydrogen (secondary N) is 1. The first kappa shape index (κ1) is 18.8. The van der Waals surface area contributed by atoms with E-state index in [-0.39, 0.29) is 5.82 Å². The first-order chi connectivity index (χ1) is 13.0. The van der Waals surface area contributed by atoms with Crippen LogP contribution < -0.4 is 24.4 Å². The van der Waals surface area contributed by atoms with Gasteiger partial charge in [0.05, 0.1) is 21.3 Å². The molecule has 1 fully saturated rings. The third kappa shape index (κ3) is 4.07. The van der Waals surface area contributed by atoms with E-state index in [1.807, 2.05) is 0 Å². The molecule has 1 aliphatic heterocycles. The summed E-state index contributed by atoms with van der Waals surface area (Å²) >= 11 is 0. The number of nitrogens with zero attached hydrogens (tertiary/aromatic N) is 1. The molecule has 1 aliphatic rings. The van der Waals surface area contributed by atoms with Crippen molar-refractivity contribution in [2.24, 2.45) is 0 Å². The predicted octanol–water partition coefficient (Wildman–Crippen LogP) is 3.70. The third-order valence-corrected chi connectivity index (χ3v) is 4.54. The molecule has 0 radical (unpaired) electrons. The van der Waals surface area contributed by atoms with Gasteiger partial charge in [0.25, 0.3) is 5.91 Å². The average Bonchev–Trinajstić information content (AvgIpc) is 3.21. The lowest BCUT2D eigenvalue weighted by atomic mass is 10.1. The van der Waals surface area contributed by atoms with Gasteiger partial charge in [-0.3, -0.25) is 4.79 Å². The van der Waals surface area contributed by atoms with E-state index >= 15 is 0 Å². The van der Waals surface area contributed by atoms with Crippen molar-refractivity contribution in [3.8, 4) is 17.2 Å². The molecule has 1 heterocycles. The van der Waals surface area contributed by atoms with Gasteiger partial charge >= 0.3 is 0 Å². The Hall–Kier alpha value is -2.96. The minimum absolute atomic E-state index is 0.316. The number of hydrogen-bond donors (Lipinski definition) is 1. The van der Waals surface area contributed by atoms with E-state index in [1.165, 1.54) is 33.5 Å². The van der Waals surface area contributed by atoms with E-state index in [4.69, 9.17) is 14.2 Å². The van der Waals surface area contributed by atoms with Crippen LogP contribution in [0.2, 0.25) is 0 Å². The molecule has 0 unspecified atom stereocenters. The Morgan fingerprint density at radius 1 is 0.963 bits per heavy atom. The van der Waals surface area contributed by atoms with Gasteiger partial charge in [-0.1, -0.05) is 0 Å². The molecule has 0 spiro atoms. The summed E-state index contributed by atoms with van der Waals surface area (Å²) in [6.45, 7) is 1.79. The van der Waals surface area contributed by atoms with E-state index in [9.17, 15) is 9.18 Å². The summed E-state index contributed by atoms with van der Waals surface area (Å²) in [5.41, 5.74) is 1.49. The molecular weight excluding hydrogens is 351 g/mol. The molecule has 0 bridgehead atoms. The number of carbonyl (C=O) groups is 1. The maximum Gasteiger partial charge on any atom is 0.255 e. The van der Waals surface area contributed by atoms with Gasteiger partial charge in [0.1, 0.15) is 5.82 Å². The normalized spacial score (nSPS) is 13.4. The Bertz CT molecular complexity index is 810. The highest BCUT2D eigenvalue weighted by molar-refractivity contribution is 6.05. The van der Waals surface area contributed by atoms with Gasteiger partial charge in [0.15, 0.2) is 11.5 Å². The molecule has 2 aromatic rings. The number of benzene rings is 2. The molecular formula is C20H23FN2O4. The predicted molar refractivity (Wildman–Crippen MR) is 102 cm³/mol. The van der Waals surface area contributed by atoms with Gasteiger partial charge < -0.3 is 24.4 Å². The second-order valence-corrected chi connectivity index (χ2v) is 6.26. The Morgan fingerprint density at radius 2 is 1.59 bits per heavy atom. The van der Waals surface area contributed by atoms with Crippen molar-refractivity contribution >= 4 is 17.3 Å². The lowest BCUT2D eigenvalue weighted by molar-refractivity contribution is 0.102. The van der Waals surface area contributed by atoms with Crippen LogP contribution >= 0.6 is 0 Å². The monoisotopic (exact) mass is 374 g/mol. The summed E-state index contributed by atoms with van der Waals surface area (Å²) < 4.78 is 29.8. The highest BCUT2D eigenvalue weighted by atomic mass is 19.1. The smallest absolute Gasteiger partial charge is 0.255 e. The van der Waals surface area contributed by atoms with Crippen LogP contribution in [0.1, 0.15) is 23.2 Å². The number of anilines is 2. The van der Waals surface area contributed by atoms with Crippen molar-refractivity contribution in [2.75, 3.05) is 44.6 Å². The second kappa shape index (κ2) is 8.16. The van der Waals surface area contributed by atoms with Crippen molar-refractivity contribution < 1.29 is 23.4 Å². The summed E-state index contributed by atoms with van der Waals surface area (Å²) in [5.74, 6) is 0.364. The number of carbonyl (C=O) groups excluding carboxylic acids is 1. The molecule has 1 N–H and O–H groups in total. The van der Waals surface area contributed by atoms with Crippen molar-refractivity contribution in [1.82, 2.24) is 0 Å². The molecule has 0 saturated carbocycles. The van der Waals surface area contributed by atoms with Crippen molar-refractivity contribution in [1.29, 1.82) is 0 Å². The van der Waals surface area contributed by atoms with E-state index in [1.54, 1.807) is 18.2 Å². The maximum atomic E-state index is 14.0. The number of rotatable bonds is 6. The number of halogens is 1. The molecule has 7 heteroatoms. The molecule has 6 nitrogen and oxygen atoms in total. The van der Waals surface area contributed by atoms with Crippen LogP contribution in [0.5, 0.6) is 17.2 Å². The first-order valence-corrected chi connectivity index (χ1v) is 8.72. The van der Waals surface area contributed by atoms with Gasteiger partial charge in [-0.2, -0.15) is 0 Å². The zero-order valence-electron chi connectivity index (χ0n) is 15.7. The zero-order valence-corrected chi connectivity index (χ0v) is 15.7. The van der Waals surface area contributed by atoms with Gasteiger partial charge in [-0.05, 0) is 43.2 Å². The average molecular weight is 374 g/mol. The van der Waals surface area contributed by atoms with E-state index in [2.05, 4.69) is 10.2 Å². The van der Waals surface area contributed by atoms with Crippen LogP contribution in [-0.4, -0.2) is 40.3 Å². The summed E-state index contributed by atoms with van der Waals surface area (Å²) in [4.78, 5) is 14.8. The van der Waals surface area contributed by atoms with Gasteiger partial charge in [-0.25, -0.2) is 4.39 Å². The summed E-state index contributed by atoms with van der Waals surface area (Å²) in [6, 6.07) is 7.68. The maximum absolute atomic E-state index is 14.0. The van der Waals surface area contributed by atoms with Crippen molar-refractivity contribution in [3.63, 3.8) is 0 Å².